The van der Waals surface area contributed by atoms with E-state index < -0.39 is 29.8 Å². The first-order valence-corrected chi connectivity index (χ1v) is 9.18. The number of carbonyl (C=O) groups excluding carboxylic acids is 2. The average Bonchev–Trinajstić information content (AvgIpc) is 3.00. The summed E-state index contributed by atoms with van der Waals surface area (Å²) in [4.78, 5) is 24.3. The highest BCUT2D eigenvalue weighted by molar-refractivity contribution is 5.81. The summed E-state index contributed by atoms with van der Waals surface area (Å²) in [6, 6.07) is -0.887. The van der Waals surface area contributed by atoms with Gasteiger partial charge in [0.2, 0.25) is 0 Å². The van der Waals surface area contributed by atoms with Gasteiger partial charge in [-0.05, 0) is 40.5 Å². The maximum absolute atomic E-state index is 12.4. The fourth-order valence-electron chi connectivity index (χ4n) is 3.05. The molecule has 25 heavy (non-hydrogen) atoms. The first-order chi connectivity index (χ1) is 11.7. The van der Waals surface area contributed by atoms with Crippen molar-refractivity contribution in [2.75, 3.05) is 13.2 Å². The molecule has 0 aromatic rings. The van der Waals surface area contributed by atoms with E-state index in [0.717, 1.165) is 12.8 Å². The van der Waals surface area contributed by atoms with Crippen molar-refractivity contribution in [3.8, 4) is 0 Å². The number of nitrogens with one attached hydrogen (secondary N) is 1. The van der Waals surface area contributed by atoms with Crippen LogP contribution in [0.3, 0.4) is 0 Å². The topological polar surface area (TPSA) is 83.1 Å². The number of esters is 1. The molecule has 7 nitrogen and oxygen atoms in total. The van der Waals surface area contributed by atoms with Crippen LogP contribution in [0.4, 0.5) is 4.79 Å². The molecule has 0 bridgehead atoms. The predicted molar refractivity (Wildman–Crippen MR) is 91.3 cm³/mol. The van der Waals surface area contributed by atoms with Crippen molar-refractivity contribution >= 4 is 12.1 Å². The standard InChI is InChI=1S/C18H31NO6/c1-12-15(24-13-7-5-6-8-13)9-10-22-11-14(16(20)23-12)19-17(21)25-18(2,3)4/h12-15H,5-11H2,1-4H3,(H,19,21)/t12-,14-,15+/m0/s1. The van der Waals surface area contributed by atoms with E-state index in [2.05, 4.69) is 5.32 Å². The van der Waals surface area contributed by atoms with Crippen LogP contribution in [0.2, 0.25) is 0 Å². The molecule has 0 spiro atoms. The van der Waals surface area contributed by atoms with Gasteiger partial charge in [0.05, 0.1) is 18.8 Å². The number of cyclic esters (lactones) is 1. The second-order valence-electron chi connectivity index (χ2n) is 7.79. The number of hydrogen-bond acceptors (Lipinski definition) is 6. The van der Waals surface area contributed by atoms with Crippen LogP contribution in [0.25, 0.3) is 0 Å². The molecule has 2 rings (SSSR count). The first kappa shape index (κ1) is 20.0. The summed E-state index contributed by atoms with van der Waals surface area (Å²) in [5, 5.41) is 2.53. The minimum Gasteiger partial charge on any atom is -0.458 e. The zero-order valence-electron chi connectivity index (χ0n) is 15.7. The third kappa shape index (κ3) is 6.82. The number of ether oxygens (including phenoxy) is 4. The zero-order valence-corrected chi connectivity index (χ0v) is 15.7. The molecule has 2 fully saturated rings. The molecule has 1 amide bonds. The van der Waals surface area contributed by atoms with Gasteiger partial charge in [0.1, 0.15) is 11.7 Å². The lowest BCUT2D eigenvalue weighted by Gasteiger charge is -2.27. The molecule has 0 radical (unpaired) electrons. The Bertz CT molecular complexity index is 455. The Morgan fingerprint density at radius 1 is 1.20 bits per heavy atom. The van der Waals surface area contributed by atoms with Gasteiger partial charge in [-0.1, -0.05) is 12.8 Å². The van der Waals surface area contributed by atoms with Crippen LogP contribution in [-0.4, -0.2) is 55.2 Å². The van der Waals surface area contributed by atoms with Crippen LogP contribution in [0, 0.1) is 0 Å². The average molecular weight is 357 g/mol. The maximum atomic E-state index is 12.4. The molecular formula is C18H31NO6. The van der Waals surface area contributed by atoms with E-state index in [1.807, 2.05) is 6.92 Å². The normalized spacial score (nSPS) is 29.3. The molecule has 1 saturated heterocycles. The van der Waals surface area contributed by atoms with Crippen molar-refractivity contribution in [2.45, 2.75) is 89.8 Å². The Labute approximate surface area is 149 Å². The molecule has 0 aromatic heterocycles. The number of rotatable bonds is 3. The quantitative estimate of drug-likeness (QED) is 0.782. The van der Waals surface area contributed by atoms with Gasteiger partial charge < -0.3 is 24.3 Å². The van der Waals surface area contributed by atoms with Crippen molar-refractivity contribution in [3.63, 3.8) is 0 Å². The lowest BCUT2D eigenvalue weighted by molar-refractivity contribution is -0.161. The monoisotopic (exact) mass is 357 g/mol. The Kier molecular flexibility index (Phi) is 7.07. The molecule has 1 aliphatic carbocycles. The van der Waals surface area contributed by atoms with E-state index in [4.69, 9.17) is 18.9 Å². The number of carbonyl (C=O) groups is 2. The van der Waals surface area contributed by atoms with E-state index in [1.165, 1.54) is 12.8 Å². The predicted octanol–water partition coefficient (Wildman–Crippen LogP) is 2.56. The highest BCUT2D eigenvalue weighted by atomic mass is 16.6. The lowest BCUT2D eigenvalue weighted by atomic mass is 10.1. The molecule has 7 heteroatoms. The van der Waals surface area contributed by atoms with Crippen LogP contribution in [0.5, 0.6) is 0 Å². The van der Waals surface area contributed by atoms with Crippen molar-refractivity contribution < 1.29 is 28.5 Å². The molecule has 2 aliphatic rings. The fraction of sp³-hybridized carbons (Fsp3) is 0.889. The largest absolute Gasteiger partial charge is 0.458 e. The second kappa shape index (κ2) is 8.85. The van der Waals surface area contributed by atoms with Crippen molar-refractivity contribution in [3.05, 3.63) is 0 Å². The van der Waals surface area contributed by atoms with Gasteiger partial charge in [0, 0.05) is 13.0 Å². The van der Waals surface area contributed by atoms with Gasteiger partial charge in [-0.2, -0.15) is 0 Å². The summed E-state index contributed by atoms with van der Waals surface area (Å²) in [5.74, 6) is -0.528. The van der Waals surface area contributed by atoms with Gasteiger partial charge in [-0.25, -0.2) is 9.59 Å². The van der Waals surface area contributed by atoms with Crippen molar-refractivity contribution in [2.24, 2.45) is 0 Å². The SMILES string of the molecule is C[C@@H]1OC(=O)[C@@H](NC(=O)OC(C)(C)C)COCC[C@H]1OC1CCCC1. The van der Waals surface area contributed by atoms with Crippen molar-refractivity contribution in [1.82, 2.24) is 5.32 Å². The third-order valence-electron chi connectivity index (χ3n) is 4.30. The van der Waals surface area contributed by atoms with Gasteiger partial charge in [-0.15, -0.1) is 0 Å². The molecule has 144 valence electrons. The summed E-state index contributed by atoms with van der Waals surface area (Å²) >= 11 is 0. The third-order valence-corrected chi connectivity index (χ3v) is 4.30. The Hall–Kier alpha value is -1.34. The minimum absolute atomic E-state index is 0.0565. The van der Waals surface area contributed by atoms with Gasteiger partial charge in [-0.3, -0.25) is 0 Å². The summed E-state index contributed by atoms with van der Waals surface area (Å²) in [6.45, 7) is 7.62. The lowest BCUT2D eigenvalue weighted by Crippen LogP contribution is -2.47. The highest BCUT2D eigenvalue weighted by Gasteiger charge is 2.32. The van der Waals surface area contributed by atoms with Gasteiger partial charge >= 0.3 is 12.1 Å². The summed E-state index contributed by atoms with van der Waals surface area (Å²) in [5.41, 5.74) is -0.638. The highest BCUT2D eigenvalue weighted by Crippen LogP contribution is 2.25. The summed E-state index contributed by atoms with van der Waals surface area (Å²) < 4.78 is 22.4. The molecule has 1 aliphatic heterocycles. The zero-order chi connectivity index (χ0) is 18.4. The summed E-state index contributed by atoms with van der Waals surface area (Å²) in [7, 11) is 0. The fourth-order valence-corrected chi connectivity index (χ4v) is 3.05. The van der Waals surface area contributed by atoms with Crippen LogP contribution in [0.1, 0.15) is 59.8 Å². The minimum atomic E-state index is -0.887. The van der Waals surface area contributed by atoms with E-state index in [-0.39, 0.29) is 18.8 Å². The molecule has 1 N–H and O–H groups in total. The summed E-state index contributed by atoms with van der Waals surface area (Å²) in [6.07, 6.45) is 4.14. The van der Waals surface area contributed by atoms with Crippen LogP contribution < -0.4 is 5.32 Å². The van der Waals surface area contributed by atoms with Crippen LogP contribution in [0.15, 0.2) is 0 Å². The Morgan fingerprint density at radius 3 is 2.52 bits per heavy atom. The smallest absolute Gasteiger partial charge is 0.408 e. The van der Waals surface area contributed by atoms with Crippen LogP contribution >= 0.6 is 0 Å². The molecular weight excluding hydrogens is 326 g/mol. The number of amides is 1. The van der Waals surface area contributed by atoms with E-state index >= 15 is 0 Å². The molecule has 0 unspecified atom stereocenters. The Morgan fingerprint density at radius 2 is 1.88 bits per heavy atom. The molecule has 1 heterocycles. The van der Waals surface area contributed by atoms with Crippen LogP contribution in [-0.2, 0) is 23.7 Å². The van der Waals surface area contributed by atoms with E-state index in [0.29, 0.717) is 13.0 Å². The molecule has 1 saturated carbocycles. The number of hydrogen-bond donors (Lipinski definition) is 1. The van der Waals surface area contributed by atoms with Crippen molar-refractivity contribution in [1.29, 1.82) is 0 Å². The van der Waals surface area contributed by atoms with E-state index in [9.17, 15) is 9.59 Å². The van der Waals surface area contributed by atoms with Gasteiger partial charge in [0.25, 0.3) is 0 Å². The molecule has 3 atom stereocenters. The first-order valence-electron chi connectivity index (χ1n) is 9.18. The molecule has 0 aromatic carbocycles. The maximum Gasteiger partial charge on any atom is 0.408 e. The van der Waals surface area contributed by atoms with Gasteiger partial charge in [0.15, 0.2) is 6.04 Å². The number of alkyl carbamates (subject to hydrolysis) is 1. The second-order valence-corrected chi connectivity index (χ2v) is 7.79. The Balaban J connectivity index is 1.91. The van der Waals surface area contributed by atoms with E-state index in [1.54, 1.807) is 20.8 Å².